The zero-order valence-corrected chi connectivity index (χ0v) is 27.6. The number of allylic oxidation sites excluding steroid dienone is 2. The van der Waals surface area contributed by atoms with Crippen molar-refractivity contribution in [2.24, 2.45) is 17.8 Å². The van der Waals surface area contributed by atoms with Crippen LogP contribution >= 0.6 is 0 Å². The summed E-state index contributed by atoms with van der Waals surface area (Å²) in [5, 5.41) is 20.8. The van der Waals surface area contributed by atoms with Gasteiger partial charge in [0.2, 0.25) is 11.8 Å². The molecule has 4 aliphatic rings. The van der Waals surface area contributed by atoms with Gasteiger partial charge >= 0.3 is 7.12 Å². The van der Waals surface area contributed by atoms with E-state index in [0.717, 1.165) is 61.3 Å². The second-order valence-corrected chi connectivity index (χ2v) is 13.7. The van der Waals surface area contributed by atoms with Crippen LogP contribution in [0.5, 0.6) is 5.75 Å². The SMILES string of the molecule is CCC1=C2[C@@H](CC/C(=C/c3ccc(O)cc3)c3ccccn3)OB(O)C[C@@H]2[C@@H]2C(=O)N(C3CCN(Cc4ccccc4)CC3)C(=O)[C@@H]2C1. The Morgan fingerprint density at radius 3 is 2.44 bits per heavy atom. The smallest absolute Gasteiger partial charge is 0.455 e. The normalized spacial score (nSPS) is 25.4. The summed E-state index contributed by atoms with van der Waals surface area (Å²) in [6.45, 7) is 4.70. The molecule has 2 aromatic carbocycles. The van der Waals surface area contributed by atoms with Gasteiger partial charge in [0, 0.05) is 31.9 Å². The van der Waals surface area contributed by atoms with Crippen LogP contribution in [0.4, 0.5) is 0 Å². The molecule has 3 saturated heterocycles. The van der Waals surface area contributed by atoms with Crippen LogP contribution in [0, 0.1) is 17.8 Å². The predicted molar refractivity (Wildman–Crippen MR) is 186 cm³/mol. The lowest BCUT2D eigenvalue weighted by molar-refractivity contribution is -0.144. The average molecular weight is 646 g/mol. The highest BCUT2D eigenvalue weighted by atomic mass is 16.5. The first-order valence-electron chi connectivity index (χ1n) is 17.5. The molecular weight excluding hydrogens is 601 g/mol. The molecule has 7 rings (SSSR count). The van der Waals surface area contributed by atoms with E-state index in [1.54, 1.807) is 23.2 Å². The van der Waals surface area contributed by atoms with E-state index in [0.29, 0.717) is 25.6 Å². The minimum atomic E-state index is -1.00. The molecule has 3 fully saturated rings. The monoisotopic (exact) mass is 645 g/mol. The molecule has 48 heavy (non-hydrogen) atoms. The minimum Gasteiger partial charge on any atom is -0.508 e. The first-order valence-corrected chi connectivity index (χ1v) is 17.5. The quantitative estimate of drug-likeness (QED) is 0.168. The molecule has 4 heterocycles. The largest absolute Gasteiger partial charge is 0.508 e. The molecule has 1 aromatic heterocycles. The van der Waals surface area contributed by atoms with E-state index in [2.05, 4.69) is 47.1 Å². The summed E-state index contributed by atoms with van der Waals surface area (Å²) in [6, 6.07) is 23.3. The third-order valence-corrected chi connectivity index (χ3v) is 10.8. The number of benzene rings is 2. The van der Waals surface area contributed by atoms with Gasteiger partial charge in [-0.1, -0.05) is 61.0 Å². The number of fused-ring (bicyclic) bond motifs is 3. The van der Waals surface area contributed by atoms with E-state index in [1.165, 1.54) is 11.1 Å². The van der Waals surface area contributed by atoms with Gasteiger partial charge in [0.1, 0.15) is 5.75 Å². The molecule has 0 radical (unpaired) electrons. The zero-order valence-electron chi connectivity index (χ0n) is 27.6. The highest BCUT2D eigenvalue weighted by molar-refractivity contribution is 6.43. The molecule has 3 aliphatic heterocycles. The summed E-state index contributed by atoms with van der Waals surface area (Å²) in [7, 11) is -1.00. The number of carbonyl (C=O) groups is 2. The molecule has 1 aliphatic carbocycles. The van der Waals surface area contributed by atoms with Crippen molar-refractivity contribution < 1.29 is 24.4 Å². The average Bonchev–Trinajstić information content (AvgIpc) is 3.36. The lowest BCUT2D eigenvalue weighted by Gasteiger charge is -2.43. The Morgan fingerprint density at radius 2 is 1.73 bits per heavy atom. The van der Waals surface area contributed by atoms with Crippen molar-refractivity contribution in [3.05, 3.63) is 107 Å². The van der Waals surface area contributed by atoms with E-state index in [9.17, 15) is 19.7 Å². The summed E-state index contributed by atoms with van der Waals surface area (Å²) in [6.07, 6.45) is 7.99. The zero-order chi connectivity index (χ0) is 33.2. The molecule has 2 N–H and O–H groups in total. The lowest BCUT2D eigenvalue weighted by atomic mass is 9.58. The van der Waals surface area contributed by atoms with Gasteiger partial charge in [-0.15, -0.1) is 0 Å². The maximum absolute atomic E-state index is 14.3. The lowest BCUT2D eigenvalue weighted by Crippen LogP contribution is -2.48. The van der Waals surface area contributed by atoms with E-state index in [1.807, 2.05) is 36.4 Å². The van der Waals surface area contributed by atoms with Crippen LogP contribution in [0.1, 0.15) is 62.3 Å². The number of amides is 2. The van der Waals surface area contributed by atoms with E-state index in [4.69, 9.17) is 4.65 Å². The number of aromatic hydroxyl groups is 1. The highest BCUT2D eigenvalue weighted by Gasteiger charge is 2.58. The number of hydrogen-bond donors (Lipinski definition) is 2. The Bertz CT molecular complexity index is 1670. The molecule has 3 aromatic rings. The van der Waals surface area contributed by atoms with Crippen LogP contribution < -0.4 is 0 Å². The van der Waals surface area contributed by atoms with Crippen LogP contribution in [0.25, 0.3) is 11.6 Å². The first kappa shape index (κ1) is 32.5. The number of nitrogens with zero attached hydrogens (tertiary/aromatic N) is 3. The molecule has 4 atom stereocenters. The number of carbonyl (C=O) groups excluding carboxylic acids is 2. The van der Waals surface area contributed by atoms with Crippen molar-refractivity contribution in [1.82, 2.24) is 14.8 Å². The van der Waals surface area contributed by atoms with Gasteiger partial charge in [0.05, 0.1) is 23.6 Å². The molecule has 0 saturated carbocycles. The van der Waals surface area contributed by atoms with Crippen molar-refractivity contribution in [2.45, 2.75) is 70.5 Å². The Kier molecular flexibility index (Phi) is 9.62. The molecule has 8 nitrogen and oxygen atoms in total. The van der Waals surface area contributed by atoms with Gasteiger partial charge in [-0.25, -0.2) is 0 Å². The summed E-state index contributed by atoms with van der Waals surface area (Å²) < 4.78 is 6.26. The first-order chi connectivity index (χ1) is 23.4. The summed E-state index contributed by atoms with van der Waals surface area (Å²) >= 11 is 0. The van der Waals surface area contributed by atoms with Gasteiger partial charge in [0.15, 0.2) is 0 Å². The van der Waals surface area contributed by atoms with Crippen molar-refractivity contribution in [2.75, 3.05) is 13.1 Å². The van der Waals surface area contributed by atoms with Crippen LogP contribution in [-0.4, -0.2) is 69.1 Å². The number of pyridine rings is 1. The minimum absolute atomic E-state index is 0.0247. The van der Waals surface area contributed by atoms with Crippen molar-refractivity contribution in [3.63, 3.8) is 0 Å². The maximum Gasteiger partial charge on any atom is 0.455 e. The van der Waals surface area contributed by atoms with Gasteiger partial charge < -0.3 is 14.8 Å². The fraction of sp³-hybridized carbons (Fsp3) is 0.410. The summed E-state index contributed by atoms with van der Waals surface area (Å²) in [5.74, 6) is -0.904. The van der Waals surface area contributed by atoms with Crippen LogP contribution in [0.15, 0.2) is 90.1 Å². The Labute approximate surface area is 283 Å². The van der Waals surface area contributed by atoms with Gasteiger partial charge in [0.25, 0.3) is 0 Å². The van der Waals surface area contributed by atoms with E-state index in [-0.39, 0.29) is 41.5 Å². The second-order valence-electron chi connectivity index (χ2n) is 13.7. The molecule has 9 heteroatoms. The summed E-state index contributed by atoms with van der Waals surface area (Å²) in [5.41, 5.74) is 6.41. The van der Waals surface area contributed by atoms with Crippen LogP contribution in [0.3, 0.4) is 0 Å². The van der Waals surface area contributed by atoms with E-state index < -0.39 is 13.0 Å². The third kappa shape index (κ3) is 6.64. The van der Waals surface area contributed by atoms with Crippen molar-refractivity contribution in [3.8, 4) is 5.75 Å². The molecule has 0 unspecified atom stereocenters. The highest BCUT2D eigenvalue weighted by Crippen LogP contribution is 2.52. The molecule has 0 spiro atoms. The van der Waals surface area contributed by atoms with Crippen LogP contribution in [0.2, 0.25) is 6.32 Å². The molecular formula is C39H44BN3O5. The topological polar surface area (TPSA) is 103 Å². The second kappa shape index (κ2) is 14.2. The number of phenols is 1. The Morgan fingerprint density at radius 1 is 0.979 bits per heavy atom. The van der Waals surface area contributed by atoms with Gasteiger partial charge in [-0.3, -0.25) is 24.4 Å². The Hall–Kier alpha value is -4.05. The molecule has 2 amide bonds. The van der Waals surface area contributed by atoms with Crippen LogP contribution in [-0.2, 0) is 20.8 Å². The predicted octanol–water partition coefficient (Wildman–Crippen LogP) is 5.98. The summed E-state index contributed by atoms with van der Waals surface area (Å²) in [4.78, 5) is 37.0. The number of imide groups is 1. The number of rotatable bonds is 9. The van der Waals surface area contributed by atoms with Crippen molar-refractivity contribution in [1.29, 1.82) is 0 Å². The number of piperidine rings is 1. The van der Waals surface area contributed by atoms with Gasteiger partial charge in [-0.2, -0.15) is 0 Å². The van der Waals surface area contributed by atoms with E-state index >= 15 is 0 Å². The third-order valence-electron chi connectivity index (χ3n) is 10.8. The molecule has 0 bridgehead atoms. The standard InChI is InChI=1S/C39H44BN3O5/c1-2-28-23-32-37(39(46)43(38(32)45)30-17-20-42(21-18-30)25-27-8-4-3-5-9-27)33-24-40(47)48-35(36(28)33)16-13-29(34-10-6-7-19-41-34)22-26-11-14-31(44)15-12-26/h3-12,14-15,19,22,30,32-33,35,37,44,47H,2,13,16-18,20-21,23-25H2,1H3/b29-22-/t32-,33+,35-,37-/m1/s1. The number of aromatic nitrogens is 1. The maximum atomic E-state index is 14.3. The fourth-order valence-corrected chi connectivity index (χ4v) is 8.55. The van der Waals surface area contributed by atoms with Gasteiger partial charge in [-0.05, 0) is 103 Å². The number of hydrogen-bond acceptors (Lipinski definition) is 7. The fourth-order valence-electron chi connectivity index (χ4n) is 8.55. The Balaban J connectivity index is 1.09. The number of phenolic OH excluding ortho intramolecular Hbond substituents is 1. The molecule has 248 valence electrons. The van der Waals surface area contributed by atoms with Crippen molar-refractivity contribution >= 4 is 30.6 Å². The number of likely N-dealkylation sites (tertiary alicyclic amines) is 2.